The molecular formula is C12H28B2O4. The van der Waals surface area contributed by atoms with E-state index in [0.717, 1.165) is 0 Å². The summed E-state index contributed by atoms with van der Waals surface area (Å²) in [7, 11) is 8.00. The highest BCUT2D eigenvalue weighted by Gasteiger charge is 2.32. The Morgan fingerprint density at radius 3 is 0.500 bits per heavy atom. The standard InChI is InChI=1S/2C6H14O2.B2/c2*1-5(2,7)6(3,4)8;1-2/h2*7-8H,1-4H3;. The van der Waals surface area contributed by atoms with Crippen LogP contribution in [0.5, 0.6) is 0 Å². The average Bonchev–Trinajstić information content (AvgIpc) is 2.01. The van der Waals surface area contributed by atoms with Crippen molar-refractivity contribution < 1.29 is 20.4 Å². The third-order valence-corrected chi connectivity index (χ3v) is 2.99. The molecule has 0 amide bonds. The van der Waals surface area contributed by atoms with Crippen molar-refractivity contribution in [2.75, 3.05) is 0 Å². The van der Waals surface area contributed by atoms with E-state index in [1.807, 2.05) is 0 Å². The van der Waals surface area contributed by atoms with Crippen molar-refractivity contribution in [3.05, 3.63) is 0 Å². The molecule has 0 aliphatic rings. The van der Waals surface area contributed by atoms with E-state index in [2.05, 4.69) is 15.5 Å². The zero-order valence-electron chi connectivity index (χ0n) is 12.9. The third kappa shape index (κ3) is 11.1. The van der Waals surface area contributed by atoms with Crippen LogP contribution < -0.4 is 0 Å². The van der Waals surface area contributed by atoms with Crippen LogP contribution >= 0.6 is 0 Å². The number of hydrogen-bond acceptors (Lipinski definition) is 4. The predicted molar refractivity (Wildman–Crippen MR) is 76.7 cm³/mol. The molecule has 0 rings (SSSR count). The van der Waals surface area contributed by atoms with Crippen LogP contribution in [0.15, 0.2) is 0 Å². The molecule has 0 fully saturated rings. The first-order valence-electron chi connectivity index (χ1n) is 5.73. The Balaban J connectivity index is -0.000000219. The Hall–Kier alpha value is -0.0301. The van der Waals surface area contributed by atoms with Gasteiger partial charge in [0.2, 0.25) is 0 Å². The van der Waals surface area contributed by atoms with E-state index in [-0.39, 0.29) is 0 Å². The minimum Gasteiger partial charge on any atom is -0.387 e. The second kappa shape index (κ2) is 7.53. The van der Waals surface area contributed by atoms with Gasteiger partial charge in [0, 0.05) is 15.5 Å². The van der Waals surface area contributed by atoms with Crippen LogP contribution in [0.1, 0.15) is 55.4 Å². The van der Waals surface area contributed by atoms with Crippen molar-refractivity contribution in [2.45, 2.75) is 77.8 Å². The monoisotopic (exact) mass is 258 g/mol. The summed E-state index contributed by atoms with van der Waals surface area (Å²) in [5.74, 6) is 0. The maximum absolute atomic E-state index is 9.10. The molecule has 4 radical (unpaired) electrons. The lowest BCUT2D eigenvalue weighted by atomic mass is 9.81. The summed E-state index contributed by atoms with van der Waals surface area (Å²) in [6.07, 6.45) is 0. The molecular weight excluding hydrogens is 230 g/mol. The van der Waals surface area contributed by atoms with Crippen LogP contribution in [0.2, 0.25) is 0 Å². The van der Waals surface area contributed by atoms with Crippen LogP contribution in [-0.4, -0.2) is 58.3 Å². The van der Waals surface area contributed by atoms with Crippen LogP contribution in [-0.2, 0) is 0 Å². The van der Waals surface area contributed by atoms with E-state index in [1.165, 1.54) is 0 Å². The Morgan fingerprint density at radius 1 is 0.444 bits per heavy atom. The summed E-state index contributed by atoms with van der Waals surface area (Å²) in [6.45, 7) is 12.6. The maximum Gasteiger partial charge on any atom is 0.0872 e. The van der Waals surface area contributed by atoms with E-state index in [4.69, 9.17) is 20.4 Å². The van der Waals surface area contributed by atoms with E-state index < -0.39 is 22.4 Å². The second-order valence-electron chi connectivity index (χ2n) is 6.24. The predicted octanol–water partition coefficient (Wildman–Crippen LogP) is 0.295. The third-order valence-electron chi connectivity index (χ3n) is 2.99. The molecule has 106 valence electrons. The van der Waals surface area contributed by atoms with Gasteiger partial charge in [0.25, 0.3) is 0 Å². The van der Waals surface area contributed by atoms with Gasteiger partial charge in [0.15, 0.2) is 0 Å². The van der Waals surface area contributed by atoms with Crippen molar-refractivity contribution in [3.8, 4) is 0 Å². The number of aliphatic hydroxyl groups is 4. The Labute approximate surface area is 114 Å². The van der Waals surface area contributed by atoms with Crippen LogP contribution in [0.3, 0.4) is 0 Å². The smallest absolute Gasteiger partial charge is 0.0872 e. The molecule has 0 spiro atoms. The van der Waals surface area contributed by atoms with Gasteiger partial charge in [-0.2, -0.15) is 0 Å². The number of rotatable bonds is 2. The molecule has 0 aliphatic heterocycles. The van der Waals surface area contributed by atoms with Gasteiger partial charge in [-0.15, -0.1) is 0 Å². The fraction of sp³-hybridized carbons (Fsp3) is 1.00. The highest BCUT2D eigenvalue weighted by Crippen LogP contribution is 2.19. The summed E-state index contributed by atoms with van der Waals surface area (Å²) in [6, 6.07) is 0. The van der Waals surface area contributed by atoms with Crippen molar-refractivity contribution in [1.82, 2.24) is 0 Å². The molecule has 4 N–H and O–H groups in total. The summed E-state index contributed by atoms with van der Waals surface area (Å²) < 4.78 is 0. The Kier molecular flexibility index (Phi) is 9.66. The van der Waals surface area contributed by atoms with Gasteiger partial charge in [-0.25, -0.2) is 0 Å². The van der Waals surface area contributed by atoms with Crippen molar-refractivity contribution >= 4 is 15.5 Å². The maximum atomic E-state index is 9.10. The van der Waals surface area contributed by atoms with Crippen molar-refractivity contribution in [3.63, 3.8) is 0 Å². The van der Waals surface area contributed by atoms with Crippen LogP contribution in [0.4, 0.5) is 0 Å². The van der Waals surface area contributed by atoms with Crippen LogP contribution in [0.25, 0.3) is 0 Å². The van der Waals surface area contributed by atoms with Gasteiger partial charge >= 0.3 is 0 Å². The lowest BCUT2D eigenvalue weighted by Gasteiger charge is -2.31. The fourth-order valence-electron chi connectivity index (χ4n) is 0. The van der Waals surface area contributed by atoms with E-state index >= 15 is 0 Å². The second-order valence-corrected chi connectivity index (χ2v) is 6.24. The summed E-state index contributed by atoms with van der Waals surface area (Å²) >= 11 is 0. The fourth-order valence-corrected chi connectivity index (χ4v) is 0. The molecule has 0 saturated heterocycles. The first kappa shape index (κ1) is 23.1. The van der Waals surface area contributed by atoms with Gasteiger partial charge < -0.3 is 20.4 Å². The Morgan fingerprint density at radius 2 is 0.500 bits per heavy atom. The molecule has 0 unspecified atom stereocenters. The van der Waals surface area contributed by atoms with Gasteiger partial charge in [-0.3, -0.25) is 0 Å². The lowest BCUT2D eigenvalue weighted by Crippen LogP contribution is -2.44. The normalized spacial score (nSPS) is 12.9. The van der Waals surface area contributed by atoms with E-state index in [1.54, 1.807) is 55.4 Å². The highest BCUT2D eigenvalue weighted by atomic mass is 16.4. The minimum atomic E-state index is -1.01. The molecule has 0 heterocycles. The summed E-state index contributed by atoms with van der Waals surface area (Å²) in [4.78, 5) is 0. The molecule has 18 heavy (non-hydrogen) atoms. The Bertz CT molecular complexity index is 156. The van der Waals surface area contributed by atoms with E-state index in [0.29, 0.717) is 0 Å². The zero-order chi connectivity index (χ0) is 16.0. The molecule has 0 atom stereocenters. The van der Waals surface area contributed by atoms with Crippen molar-refractivity contribution in [2.24, 2.45) is 0 Å². The van der Waals surface area contributed by atoms with Gasteiger partial charge in [0.05, 0.1) is 22.4 Å². The summed E-state index contributed by atoms with van der Waals surface area (Å²) in [5.41, 5.74) is -4.03. The molecule has 0 aromatic heterocycles. The minimum absolute atomic E-state index is 1.01. The largest absolute Gasteiger partial charge is 0.387 e. The van der Waals surface area contributed by atoms with Gasteiger partial charge in [-0.1, -0.05) is 0 Å². The molecule has 0 aromatic rings. The summed E-state index contributed by atoms with van der Waals surface area (Å²) in [5, 5.41) is 36.4. The first-order valence-corrected chi connectivity index (χ1v) is 5.73. The van der Waals surface area contributed by atoms with Gasteiger partial charge in [0.1, 0.15) is 0 Å². The zero-order valence-corrected chi connectivity index (χ0v) is 12.9. The quantitative estimate of drug-likeness (QED) is 0.537. The molecule has 0 bridgehead atoms. The van der Waals surface area contributed by atoms with Crippen molar-refractivity contribution in [1.29, 1.82) is 0 Å². The molecule has 4 nitrogen and oxygen atoms in total. The highest BCUT2D eigenvalue weighted by molar-refractivity contribution is 6.75. The molecule has 0 aromatic carbocycles. The molecule has 6 heteroatoms. The average molecular weight is 258 g/mol. The van der Waals surface area contributed by atoms with Crippen LogP contribution in [0, 0.1) is 0 Å². The topological polar surface area (TPSA) is 80.9 Å². The lowest BCUT2D eigenvalue weighted by molar-refractivity contribution is -0.107. The first-order chi connectivity index (χ1) is 7.50. The van der Waals surface area contributed by atoms with E-state index in [9.17, 15) is 0 Å². The van der Waals surface area contributed by atoms with Gasteiger partial charge in [-0.05, 0) is 55.4 Å². The SMILES string of the molecule is CC(C)(O)C(C)(C)O.CC(C)(O)C(C)(C)O.[B][B]. The number of hydrogen-bond donors (Lipinski definition) is 4. The molecule has 0 aliphatic carbocycles. The molecule has 0 saturated carbocycles.